The van der Waals surface area contributed by atoms with Crippen LogP contribution in [-0.4, -0.2) is 24.2 Å². The van der Waals surface area contributed by atoms with Crippen LogP contribution in [0.25, 0.3) is 0 Å². The number of pyridine rings is 1. The zero-order valence-electron chi connectivity index (χ0n) is 10.0. The van der Waals surface area contributed by atoms with E-state index in [2.05, 4.69) is 17.2 Å². The minimum atomic E-state index is 0.356. The quantitative estimate of drug-likeness (QED) is 0.684. The average Bonchev–Trinajstić information content (AvgIpc) is 2.96. The van der Waals surface area contributed by atoms with Crippen molar-refractivity contribution in [3.05, 3.63) is 33.6 Å². The molecule has 1 aromatic rings. The van der Waals surface area contributed by atoms with E-state index in [1.165, 1.54) is 0 Å². The van der Waals surface area contributed by atoms with E-state index in [1.54, 1.807) is 23.3 Å². The molecule has 1 saturated heterocycles. The molecule has 0 amide bonds. The molecule has 1 fully saturated rings. The third-order valence-electron chi connectivity index (χ3n) is 3.63. The Morgan fingerprint density at radius 3 is 2.78 bits per heavy atom. The van der Waals surface area contributed by atoms with Crippen molar-refractivity contribution in [3.63, 3.8) is 0 Å². The number of nitrogens with zero attached hydrogens (tertiary/aromatic N) is 1. The van der Waals surface area contributed by atoms with Gasteiger partial charge in [-0.3, -0.25) is 0 Å². The van der Waals surface area contributed by atoms with Gasteiger partial charge in [-0.25, -0.2) is 4.98 Å². The summed E-state index contributed by atoms with van der Waals surface area (Å²) in [6, 6.07) is 3.74. The molecule has 96 valence electrons. The molecule has 18 heavy (non-hydrogen) atoms. The lowest BCUT2D eigenvalue weighted by Gasteiger charge is -2.23. The second-order valence-electron chi connectivity index (χ2n) is 4.83. The van der Waals surface area contributed by atoms with E-state index < -0.39 is 0 Å². The van der Waals surface area contributed by atoms with Crippen LogP contribution in [0.3, 0.4) is 0 Å². The van der Waals surface area contributed by atoms with Gasteiger partial charge in [0.1, 0.15) is 22.7 Å². The Bertz CT molecular complexity index is 495. The fourth-order valence-electron chi connectivity index (χ4n) is 2.50. The number of aromatic nitrogens is 1. The molecule has 2 atom stereocenters. The molecule has 0 spiro atoms. The Kier molecular flexibility index (Phi) is 3.22. The van der Waals surface area contributed by atoms with Crippen molar-refractivity contribution in [1.29, 1.82) is 0 Å². The maximum absolute atomic E-state index is 5.82. The lowest BCUT2D eigenvalue weighted by Crippen LogP contribution is -2.39. The molecular formula is C13H14Cl2N2O. The van der Waals surface area contributed by atoms with Crippen molar-refractivity contribution >= 4 is 23.2 Å². The summed E-state index contributed by atoms with van der Waals surface area (Å²) in [4.78, 5) is 3.89. The fraction of sp³-hybridized carbons (Fsp3) is 0.462. The van der Waals surface area contributed by atoms with E-state index in [4.69, 9.17) is 27.9 Å². The number of piperidine rings is 1. The monoisotopic (exact) mass is 284 g/mol. The molecule has 5 heteroatoms. The Labute approximate surface area is 116 Å². The molecule has 2 unspecified atom stereocenters. The molecule has 0 radical (unpaired) electrons. The van der Waals surface area contributed by atoms with E-state index >= 15 is 0 Å². The number of fused-ring (bicyclic) bond motifs is 1. The average molecular weight is 285 g/mol. The van der Waals surface area contributed by atoms with Crippen LogP contribution in [0.4, 0.5) is 0 Å². The summed E-state index contributed by atoms with van der Waals surface area (Å²) in [5, 5.41) is 4.20. The van der Waals surface area contributed by atoms with Gasteiger partial charge in [-0.05, 0) is 13.3 Å². The summed E-state index contributed by atoms with van der Waals surface area (Å²) >= 11 is 11.6. The highest BCUT2D eigenvalue weighted by molar-refractivity contribution is 6.32. The van der Waals surface area contributed by atoms with Gasteiger partial charge in [0, 0.05) is 30.6 Å². The number of ether oxygens (including phenoxy) is 1. The van der Waals surface area contributed by atoms with Gasteiger partial charge in [-0.15, -0.1) is 0 Å². The van der Waals surface area contributed by atoms with Gasteiger partial charge >= 0.3 is 0 Å². The fourth-order valence-corrected chi connectivity index (χ4v) is 2.94. The van der Waals surface area contributed by atoms with Gasteiger partial charge in [0.25, 0.3) is 0 Å². The highest BCUT2D eigenvalue weighted by Gasteiger charge is 2.37. The zero-order chi connectivity index (χ0) is 12.7. The molecule has 0 aromatic carbocycles. The summed E-state index contributed by atoms with van der Waals surface area (Å²) in [6.45, 7) is 3.89. The van der Waals surface area contributed by atoms with Crippen molar-refractivity contribution < 1.29 is 4.74 Å². The van der Waals surface area contributed by atoms with Crippen LogP contribution in [0.1, 0.15) is 13.3 Å². The molecule has 3 rings (SSSR count). The smallest absolute Gasteiger partial charge is 0.134 e. The molecule has 2 heterocycles. The number of rotatable bonds is 3. The minimum absolute atomic E-state index is 0.356. The largest absolute Gasteiger partial charge is 0.492 e. The zero-order valence-corrected chi connectivity index (χ0v) is 11.6. The number of halogens is 2. The molecule has 2 aliphatic rings. The van der Waals surface area contributed by atoms with Crippen molar-refractivity contribution in [2.75, 3.05) is 13.2 Å². The van der Waals surface area contributed by atoms with Crippen molar-refractivity contribution in [1.82, 2.24) is 10.3 Å². The van der Waals surface area contributed by atoms with Gasteiger partial charge in [-0.1, -0.05) is 34.3 Å². The van der Waals surface area contributed by atoms with Crippen LogP contribution >= 0.6 is 23.2 Å². The molecular weight excluding hydrogens is 271 g/mol. The molecule has 1 aromatic heterocycles. The predicted molar refractivity (Wildman–Crippen MR) is 72.3 cm³/mol. The van der Waals surface area contributed by atoms with Crippen LogP contribution in [0.5, 0.6) is 5.75 Å². The molecule has 0 saturated carbocycles. The van der Waals surface area contributed by atoms with Crippen LogP contribution in [-0.2, 0) is 0 Å². The highest BCUT2D eigenvalue weighted by Crippen LogP contribution is 2.43. The molecule has 1 aliphatic carbocycles. The number of hydrogen-bond donors (Lipinski definition) is 1. The topological polar surface area (TPSA) is 34.1 Å². The van der Waals surface area contributed by atoms with Gasteiger partial charge in [0.2, 0.25) is 0 Å². The maximum Gasteiger partial charge on any atom is 0.134 e. The van der Waals surface area contributed by atoms with E-state index in [9.17, 15) is 0 Å². The Balaban J connectivity index is 1.57. The summed E-state index contributed by atoms with van der Waals surface area (Å²) in [5.74, 6) is 1.40. The van der Waals surface area contributed by atoms with Crippen LogP contribution in [0.15, 0.2) is 23.3 Å². The van der Waals surface area contributed by atoms with E-state index in [0.717, 1.165) is 18.9 Å². The number of nitrogens with one attached hydrogen (secondary N) is 1. The second kappa shape index (κ2) is 4.72. The van der Waals surface area contributed by atoms with Gasteiger partial charge in [0.15, 0.2) is 0 Å². The normalized spacial score (nSPS) is 25.9. The van der Waals surface area contributed by atoms with E-state index in [1.807, 2.05) is 0 Å². The van der Waals surface area contributed by atoms with E-state index in [0.29, 0.717) is 28.7 Å². The highest BCUT2D eigenvalue weighted by atomic mass is 35.5. The summed E-state index contributed by atoms with van der Waals surface area (Å²) in [7, 11) is 0. The van der Waals surface area contributed by atoms with Crippen molar-refractivity contribution in [2.24, 2.45) is 5.92 Å². The lowest BCUT2D eigenvalue weighted by molar-refractivity contribution is 0.254. The second-order valence-corrected chi connectivity index (χ2v) is 5.60. The Morgan fingerprint density at radius 1 is 1.39 bits per heavy atom. The summed E-state index contributed by atoms with van der Waals surface area (Å²) in [6.07, 6.45) is 1.09. The first-order valence-electron chi connectivity index (χ1n) is 6.02. The summed E-state index contributed by atoms with van der Waals surface area (Å²) in [5.41, 5.74) is 3.16. The Morgan fingerprint density at radius 2 is 2.11 bits per heavy atom. The standard InChI is InChI=1S/C13H14Cl2N2O/c1-7-10-2-8(16-5-11(7)10)6-18-9-3-12(14)17-13(15)4-9/h3-4,8,11,16H,2,5-6H2,1H3. The molecule has 0 bridgehead atoms. The number of hydrogen-bond acceptors (Lipinski definition) is 3. The predicted octanol–water partition coefficient (Wildman–Crippen LogP) is 3.08. The first-order chi connectivity index (χ1) is 8.63. The van der Waals surface area contributed by atoms with Gasteiger partial charge in [-0.2, -0.15) is 0 Å². The van der Waals surface area contributed by atoms with Crippen LogP contribution < -0.4 is 10.1 Å². The first-order valence-corrected chi connectivity index (χ1v) is 6.78. The van der Waals surface area contributed by atoms with Crippen LogP contribution in [0.2, 0.25) is 10.3 Å². The molecule has 3 nitrogen and oxygen atoms in total. The van der Waals surface area contributed by atoms with Crippen LogP contribution in [0, 0.1) is 5.92 Å². The SMILES string of the molecule is CC1=C2CC(COc3cc(Cl)nc(Cl)c3)NCC12. The Hall–Kier alpha value is -0.770. The van der Waals surface area contributed by atoms with Gasteiger partial charge in [0.05, 0.1) is 0 Å². The first kappa shape index (κ1) is 12.3. The third-order valence-corrected chi connectivity index (χ3v) is 4.02. The van der Waals surface area contributed by atoms with E-state index in [-0.39, 0.29) is 0 Å². The maximum atomic E-state index is 5.82. The van der Waals surface area contributed by atoms with Crippen molar-refractivity contribution in [2.45, 2.75) is 19.4 Å². The van der Waals surface area contributed by atoms with Crippen molar-refractivity contribution in [3.8, 4) is 5.75 Å². The third kappa shape index (κ3) is 2.48. The molecule has 1 N–H and O–H groups in total. The molecule has 1 aliphatic heterocycles. The lowest BCUT2D eigenvalue weighted by atomic mass is 10.1. The minimum Gasteiger partial charge on any atom is -0.492 e. The van der Waals surface area contributed by atoms with Gasteiger partial charge < -0.3 is 10.1 Å². The summed E-state index contributed by atoms with van der Waals surface area (Å²) < 4.78 is 5.72.